The summed E-state index contributed by atoms with van der Waals surface area (Å²) in [4.78, 5) is 18.3. The van der Waals surface area contributed by atoms with Crippen molar-refractivity contribution in [3.8, 4) is 0 Å². The third-order valence-electron chi connectivity index (χ3n) is 1.48. The van der Waals surface area contributed by atoms with Gasteiger partial charge in [-0.15, -0.1) is 0 Å². The van der Waals surface area contributed by atoms with Gasteiger partial charge < -0.3 is 4.74 Å². The van der Waals surface area contributed by atoms with Crippen molar-refractivity contribution in [1.82, 2.24) is 4.98 Å². The van der Waals surface area contributed by atoms with Crippen LogP contribution in [0, 0.1) is 0 Å². The summed E-state index contributed by atoms with van der Waals surface area (Å²) in [6, 6.07) is 3.65. The Morgan fingerprint density at radius 3 is 3.00 bits per heavy atom. The standard InChI is InChI=1S/C9H6N2O2/c12-9-6-11-8(13-9)4-7-2-1-3-10-5-7/h1-6H. The van der Waals surface area contributed by atoms with Gasteiger partial charge in [-0.2, -0.15) is 0 Å². The largest absolute Gasteiger partial charge is 0.403 e. The van der Waals surface area contributed by atoms with E-state index in [0.717, 1.165) is 11.8 Å². The van der Waals surface area contributed by atoms with Crippen LogP contribution < -0.4 is 0 Å². The van der Waals surface area contributed by atoms with Crippen molar-refractivity contribution in [2.75, 3.05) is 0 Å². The first-order valence-electron chi connectivity index (χ1n) is 3.72. The zero-order chi connectivity index (χ0) is 9.10. The molecule has 0 radical (unpaired) electrons. The summed E-state index contributed by atoms with van der Waals surface area (Å²) in [7, 11) is 0. The number of hydrogen-bond acceptors (Lipinski definition) is 4. The van der Waals surface area contributed by atoms with E-state index in [1.165, 1.54) is 0 Å². The van der Waals surface area contributed by atoms with Crippen molar-refractivity contribution in [3.05, 3.63) is 36.0 Å². The van der Waals surface area contributed by atoms with E-state index in [0.29, 0.717) is 5.88 Å². The maximum absolute atomic E-state index is 10.6. The van der Waals surface area contributed by atoms with E-state index in [4.69, 9.17) is 4.74 Å². The van der Waals surface area contributed by atoms with E-state index in [9.17, 15) is 4.79 Å². The van der Waals surface area contributed by atoms with Crippen molar-refractivity contribution in [1.29, 1.82) is 0 Å². The minimum absolute atomic E-state index is 0.304. The molecule has 13 heavy (non-hydrogen) atoms. The highest BCUT2D eigenvalue weighted by atomic mass is 16.6. The topological polar surface area (TPSA) is 51.5 Å². The molecular formula is C9H6N2O2. The molecule has 0 spiro atoms. The number of hydrogen-bond donors (Lipinski definition) is 0. The van der Waals surface area contributed by atoms with Gasteiger partial charge in [0.1, 0.15) is 6.21 Å². The minimum Gasteiger partial charge on any atom is -0.403 e. The van der Waals surface area contributed by atoms with E-state index < -0.39 is 5.97 Å². The molecule has 1 aliphatic heterocycles. The average Bonchev–Trinajstić information content (AvgIpc) is 2.53. The average molecular weight is 174 g/mol. The van der Waals surface area contributed by atoms with Crippen LogP contribution in [0.2, 0.25) is 0 Å². The van der Waals surface area contributed by atoms with Crippen LogP contribution in [0.15, 0.2) is 35.4 Å². The number of carbonyl (C=O) groups excluding carboxylic acids is 1. The second-order valence-corrected chi connectivity index (χ2v) is 2.45. The van der Waals surface area contributed by atoms with Crippen LogP contribution in [0.25, 0.3) is 6.08 Å². The molecule has 0 fully saturated rings. The molecule has 2 rings (SSSR count). The number of esters is 1. The number of carbonyl (C=O) groups is 1. The van der Waals surface area contributed by atoms with E-state index in [1.807, 2.05) is 6.07 Å². The highest BCUT2D eigenvalue weighted by Gasteiger charge is 2.10. The zero-order valence-corrected chi connectivity index (χ0v) is 6.68. The highest BCUT2D eigenvalue weighted by Crippen LogP contribution is 2.10. The summed E-state index contributed by atoms with van der Waals surface area (Å²) < 4.78 is 4.74. The van der Waals surface area contributed by atoms with Crippen LogP contribution in [0.5, 0.6) is 0 Å². The highest BCUT2D eigenvalue weighted by molar-refractivity contribution is 6.25. The van der Waals surface area contributed by atoms with Gasteiger partial charge in [0.05, 0.1) is 0 Å². The Bertz CT molecular complexity index is 382. The number of nitrogens with zero attached hydrogens (tertiary/aromatic N) is 2. The molecule has 64 valence electrons. The number of aromatic nitrogens is 1. The van der Waals surface area contributed by atoms with Crippen LogP contribution in [-0.4, -0.2) is 17.2 Å². The van der Waals surface area contributed by atoms with Gasteiger partial charge in [0.15, 0.2) is 0 Å². The molecule has 0 unspecified atom stereocenters. The Morgan fingerprint density at radius 2 is 2.38 bits per heavy atom. The predicted molar refractivity (Wildman–Crippen MR) is 46.8 cm³/mol. The lowest BCUT2D eigenvalue weighted by atomic mass is 10.3. The summed E-state index contributed by atoms with van der Waals surface area (Å²) >= 11 is 0. The van der Waals surface area contributed by atoms with Gasteiger partial charge in [-0.3, -0.25) is 4.98 Å². The summed E-state index contributed by atoms with van der Waals surface area (Å²) in [5, 5.41) is 0. The monoisotopic (exact) mass is 174 g/mol. The fourth-order valence-electron chi connectivity index (χ4n) is 0.943. The summed E-state index contributed by atoms with van der Waals surface area (Å²) in [5.41, 5.74) is 0.851. The molecule has 4 nitrogen and oxygen atoms in total. The smallest absolute Gasteiger partial charge is 0.356 e. The van der Waals surface area contributed by atoms with Gasteiger partial charge in [-0.25, -0.2) is 9.79 Å². The molecule has 0 aliphatic carbocycles. The lowest BCUT2D eigenvalue weighted by Gasteiger charge is -1.93. The van der Waals surface area contributed by atoms with Crippen molar-refractivity contribution in [2.24, 2.45) is 4.99 Å². The molecular weight excluding hydrogens is 168 g/mol. The number of pyridine rings is 1. The molecule has 1 aromatic heterocycles. The first-order chi connectivity index (χ1) is 6.34. The van der Waals surface area contributed by atoms with Gasteiger partial charge in [-0.05, 0) is 11.6 Å². The predicted octanol–water partition coefficient (Wildman–Crippen LogP) is 1.01. The summed E-state index contributed by atoms with van der Waals surface area (Å²) in [6.45, 7) is 0. The molecule has 4 heteroatoms. The third-order valence-corrected chi connectivity index (χ3v) is 1.48. The molecule has 0 amide bonds. The zero-order valence-electron chi connectivity index (χ0n) is 6.68. The summed E-state index contributed by atoms with van der Waals surface area (Å²) in [6.07, 6.45) is 6.12. The molecule has 1 aliphatic rings. The van der Waals surface area contributed by atoms with Gasteiger partial charge in [0, 0.05) is 18.5 Å². The van der Waals surface area contributed by atoms with E-state index >= 15 is 0 Å². The van der Waals surface area contributed by atoms with Crippen molar-refractivity contribution in [3.63, 3.8) is 0 Å². The Hall–Kier alpha value is -1.97. The van der Waals surface area contributed by atoms with E-state index in [2.05, 4.69) is 9.98 Å². The second kappa shape index (κ2) is 3.18. The van der Waals surface area contributed by atoms with Crippen LogP contribution in [0.3, 0.4) is 0 Å². The minimum atomic E-state index is -0.435. The van der Waals surface area contributed by atoms with E-state index in [-0.39, 0.29) is 0 Å². The fourth-order valence-corrected chi connectivity index (χ4v) is 0.943. The molecule has 0 N–H and O–H groups in total. The molecule has 0 saturated carbocycles. The van der Waals surface area contributed by atoms with Crippen molar-refractivity contribution in [2.45, 2.75) is 0 Å². The fraction of sp³-hybridized carbons (Fsp3) is 0. The molecule has 2 heterocycles. The van der Waals surface area contributed by atoms with Crippen LogP contribution in [0.1, 0.15) is 5.56 Å². The maximum atomic E-state index is 10.6. The normalized spacial score (nSPS) is 17.8. The Kier molecular flexibility index (Phi) is 1.88. The van der Waals surface area contributed by atoms with Crippen molar-refractivity contribution < 1.29 is 9.53 Å². The van der Waals surface area contributed by atoms with Gasteiger partial charge >= 0.3 is 5.97 Å². The number of ether oxygens (including phenoxy) is 1. The lowest BCUT2D eigenvalue weighted by molar-refractivity contribution is -0.129. The molecule has 0 aromatic carbocycles. The van der Waals surface area contributed by atoms with Gasteiger partial charge in [0.2, 0.25) is 5.88 Å². The van der Waals surface area contributed by atoms with E-state index in [1.54, 1.807) is 24.5 Å². The molecule has 0 saturated heterocycles. The Labute approximate surface area is 74.6 Å². The lowest BCUT2D eigenvalue weighted by Crippen LogP contribution is -1.94. The first kappa shape index (κ1) is 7.67. The summed E-state index contributed by atoms with van der Waals surface area (Å²) in [5.74, 6) is -0.131. The Balaban J connectivity index is 2.23. The maximum Gasteiger partial charge on any atom is 0.356 e. The number of cyclic esters (lactones) is 1. The molecule has 0 bridgehead atoms. The van der Waals surface area contributed by atoms with Crippen LogP contribution in [-0.2, 0) is 9.53 Å². The molecule has 0 atom stereocenters. The SMILES string of the molecule is O=C1C=NC(=Cc2cccnc2)O1. The number of aliphatic imine (C=N–C) groups is 1. The number of rotatable bonds is 1. The first-order valence-corrected chi connectivity index (χ1v) is 3.72. The van der Waals surface area contributed by atoms with Crippen molar-refractivity contribution >= 4 is 18.3 Å². The quantitative estimate of drug-likeness (QED) is 0.597. The van der Waals surface area contributed by atoms with Gasteiger partial charge in [-0.1, -0.05) is 6.07 Å². The van der Waals surface area contributed by atoms with Crippen LogP contribution >= 0.6 is 0 Å². The second-order valence-electron chi connectivity index (χ2n) is 2.45. The van der Waals surface area contributed by atoms with Gasteiger partial charge in [0.25, 0.3) is 0 Å². The molecule has 1 aromatic rings. The third kappa shape index (κ3) is 1.79. The Morgan fingerprint density at radius 1 is 1.46 bits per heavy atom. The van der Waals surface area contributed by atoms with Crippen LogP contribution in [0.4, 0.5) is 0 Å².